The molecule has 0 atom stereocenters. The van der Waals surface area contributed by atoms with Crippen LogP contribution in [0.15, 0.2) is 78.5 Å². The lowest BCUT2D eigenvalue weighted by Crippen LogP contribution is -2.33. The Kier molecular flexibility index (Phi) is 6.77. The van der Waals surface area contributed by atoms with Crippen LogP contribution in [0.2, 0.25) is 0 Å². The number of ether oxygens (including phenoxy) is 1. The molecule has 0 aromatic heterocycles. The number of nitrogens with one attached hydrogen (secondary N) is 1. The SMILES string of the molecule is CCCOc1ccc(C2=C(Nc3ccc(C(C)C)cc3)C(=O)N(c3ccccc3F)C2=O)cc1. The molecule has 5 nitrogen and oxygen atoms in total. The van der Waals surface area contributed by atoms with Gasteiger partial charge in [-0.05, 0) is 59.9 Å². The second kappa shape index (κ2) is 9.91. The molecule has 4 rings (SSSR count). The van der Waals surface area contributed by atoms with E-state index in [2.05, 4.69) is 19.2 Å². The highest BCUT2D eigenvalue weighted by molar-refractivity contribution is 6.46. The summed E-state index contributed by atoms with van der Waals surface area (Å²) in [6, 6.07) is 20.4. The Bertz CT molecular complexity index is 1230. The minimum absolute atomic E-state index is 0.0788. The lowest BCUT2D eigenvalue weighted by molar-refractivity contribution is -0.120. The molecule has 6 heteroatoms. The third-order valence-corrected chi connectivity index (χ3v) is 5.64. The van der Waals surface area contributed by atoms with Crippen LogP contribution in [0.3, 0.4) is 0 Å². The maximum absolute atomic E-state index is 14.6. The van der Waals surface area contributed by atoms with Gasteiger partial charge in [-0.2, -0.15) is 0 Å². The number of carbonyl (C=O) groups is 2. The molecule has 3 aromatic rings. The average molecular weight is 459 g/mol. The zero-order chi connectivity index (χ0) is 24.2. The summed E-state index contributed by atoms with van der Waals surface area (Å²) in [7, 11) is 0. The molecule has 0 fully saturated rings. The molecule has 1 aliphatic heterocycles. The Morgan fingerprint density at radius 1 is 0.912 bits per heavy atom. The number of nitrogens with zero attached hydrogens (tertiary/aromatic N) is 1. The van der Waals surface area contributed by atoms with Crippen LogP contribution in [-0.4, -0.2) is 18.4 Å². The monoisotopic (exact) mass is 458 g/mol. The molecule has 0 bridgehead atoms. The second-order valence-electron chi connectivity index (χ2n) is 8.42. The number of anilines is 2. The van der Waals surface area contributed by atoms with Gasteiger partial charge in [-0.25, -0.2) is 9.29 Å². The molecular weight excluding hydrogens is 431 g/mol. The van der Waals surface area contributed by atoms with Gasteiger partial charge in [0.05, 0.1) is 17.9 Å². The molecule has 0 aliphatic carbocycles. The predicted molar refractivity (Wildman–Crippen MR) is 132 cm³/mol. The van der Waals surface area contributed by atoms with Gasteiger partial charge < -0.3 is 10.1 Å². The average Bonchev–Trinajstić information content (AvgIpc) is 3.08. The molecular formula is C28H27FN2O3. The maximum atomic E-state index is 14.6. The van der Waals surface area contributed by atoms with Crippen molar-refractivity contribution in [2.75, 3.05) is 16.8 Å². The first-order chi connectivity index (χ1) is 16.4. The largest absolute Gasteiger partial charge is 0.494 e. The van der Waals surface area contributed by atoms with E-state index in [4.69, 9.17) is 4.74 Å². The Labute approximate surface area is 198 Å². The topological polar surface area (TPSA) is 58.6 Å². The summed E-state index contributed by atoms with van der Waals surface area (Å²) in [6.07, 6.45) is 0.876. The van der Waals surface area contributed by atoms with Gasteiger partial charge in [0.1, 0.15) is 17.3 Å². The summed E-state index contributed by atoms with van der Waals surface area (Å²) in [6.45, 7) is 6.80. The van der Waals surface area contributed by atoms with E-state index >= 15 is 0 Å². The number of para-hydroxylation sites is 1. The molecule has 2 amide bonds. The maximum Gasteiger partial charge on any atom is 0.282 e. The number of halogens is 1. The minimum Gasteiger partial charge on any atom is -0.494 e. The summed E-state index contributed by atoms with van der Waals surface area (Å²) in [5.41, 5.74) is 2.57. The van der Waals surface area contributed by atoms with Crippen molar-refractivity contribution >= 4 is 28.8 Å². The van der Waals surface area contributed by atoms with Crippen LogP contribution in [0.1, 0.15) is 44.2 Å². The van der Waals surface area contributed by atoms with Gasteiger partial charge in [0.25, 0.3) is 11.8 Å². The van der Waals surface area contributed by atoms with Gasteiger partial charge in [0.2, 0.25) is 0 Å². The van der Waals surface area contributed by atoms with E-state index in [1.54, 1.807) is 30.3 Å². The number of imide groups is 1. The zero-order valence-electron chi connectivity index (χ0n) is 19.5. The lowest BCUT2D eigenvalue weighted by Gasteiger charge is -2.16. The molecule has 0 saturated heterocycles. The molecule has 0 saturated carbocycles. The molecule has 3 aromatic carbocycles. The fraction of sp³-hybridized carbons (Fsp3) is 0.214. The van der Waals surface area contributed by atoms with Crippen molar-refractivity contribution in [2.24, 2.45) is 0 Å². The summed E-state index contributed by atoms with van der Waals surface area (Å²) < 4.78 is 20.2. The minimum atomic E-state index is -0.644. The third kappa shape index (κ3) is 4.57. The van der Waals surface area contributed by atoms with Crippen molar-refractivity contribution in [1.29, 1.82) is 0 Å². The van der Waals surface area contributed by atoms with Gasteiger partial charge >= 0.3 is 0 Å². The molecule has 1 heterocycles. The summed E-state index contributed by atoms with van der Waals surface area (Å²) >= 11 is 0. The van der Waals surface area contributed by atoms with Crippen molar-refractivity contribution in [2.45, 2.75) is 33.1 Å². The Hall–Kier alpha value is -3.93. The van der Waals surface area contributed by atoms with Crippen LogP contribution in [0, 0.1) is 5.82 Å². The van der Waals surface area contributed by atoms with E-state index in [-0.39, 0.29) is 17.0 Å². The molecule has 0 spiro atoms. The van der Waals surface area contributed by atoms with Crippen LogP contribution in [-0.2, 0) is 9.59 Å². The fourth-order valence-corrected chi connectivity index (χ4v) is 3.80. The fourth-order valence-electron chi connectivity index (χ4n) is 3.80. The van der Waals surface area contributed by atoms with Crippen molar-refractivity contribution in [3.05, 3.63) is 95.4 Å². The smallest absolute Gasteiger partial charge is 0.282 e. The number of carbonyl (C=O) groups excluding carboxylic acids is 2. The van der Waals surface area contributed by atoms with Gasteiger partial charge in [-0.1, -0.05) is 57.2 Å². The first-order valence-corrected chi connectivity index (χ1v) is 11.4. The molecule has 34 heavy (non-hydrogen) atoms. The Morgan fingerprint density at radius 3 is 2.21 bits per heavy atom. The van der Waals surface area contributed by atoms with Gasteiger partial charge in [-0.15, -0.1) is 0 Å². The van der Waals surface area contributed by atoms with Crippen molar-refractivity contribution in [1.82, 2.24) is 0 Å². The Balaban J connectivity index is 1.75. The van der Waals surface area contributed by atoms with Crippen LogP contribution in [0.5, 0.6) is 5.75 Å². The zero-order valence-corrected chi connectivity index (χ0v) is 19.5. The molecule has 1 aliphatic rings. The number of benzene rings is 3. The van der Waals surface area contributed by atoms with Crippen LogP contribution >= 0.6 is 0 Å². The highest BCUT2D eigenvalue weighted by Crippen LogP contribution is 2.35. The Morgan fingerprint density at radius 2 is 1.59 bits per heavy atom. The highest BCUT2D eigenvalue weighted by Gasteiger charge is 2.41. The number of hydrogen-bond donors (Lipinski definition) is 1. The molecule has 0 unspecified atom stereocenters. The van der Waals surface area contributed by atoms with Crippen molar-refractivity contribution < 1.29 is 18.7 Å². The lowest BCUT2D eigenvalue weighted by atomic mass is 10.0. The van der Waals surface area contributed by atoms with E-state index in [0.717, 1.165) is 16.9 Å². The predicted octanol–water partition coefficient (Wildman–Crippen LogP) is 6.13. The van der Waals surface area contributed by atoms with Gasteiger partial charge in [0, 0.05) is 5.69 Å². The first kappa shape index (κ1) is 23.2. The normalized spacial score (nSPS) is 13.7. The van der Waals surface area contributed by atoms with Gasteiger partial charge in [0.15, 0.2) is 0 Å². The summed E-state index contributed by atoms with van der Waals surface area (Å²) in [4.78, 5) is 27.8. The van der Waals surface area contributed by atoms with E-state index < -0.39 is 17.6 Å². The molecule has 1 N–H and O–H groups in total. The number of hydrogen-bond acceptors (Lipinski definition) is 4. The van der Waals surface area contributed by atoms with E-state index in [1.165, 1.54) is 18.2 Å². The summed E-state index contributed by atoms with van der Waals surface area (Å²) in [5.74, 6) is -0.798. The number of amides is 2. The van der Waals surface area contributed by atoms with Crippen LogP contribution < -0.4 is 15.0 Å². The number of rotatable bonds is 8. The first-order valence-electron chi connectivity index (χ1n) is 11.4. The van der Waals surface area contributed by atoms with Crippen LogP contribution in [0.25, 0.3) is 5.57 Å². The van der Waals surface area contributed by atoms with Crippen molar-refractivity contribution in [3.63, 3.8) is 0 Å². The van der Waals surface area contributed by atoms with Gasteiger partial charge in [-0.3, -0.25) is 9.59 Å². The van der Waals surface area contributed by atoms with E-state index in [1.807, 2.05) is 31.2 Å². The molecule has 0 radical (unpaired) electrons. The summed E-state index contributed by atoms with van der Waals surface area (Å²) in [5, 5.41) is 3.12. The second-order valence-corrected chi connectivity index (χ2v) is 8.42. The van der Waals surface area contributed by atoms with Crippen molar-refractivity contribution in [3.8, 4) is 5.75 Å². The molecule has 174 valence electrons. The van der Waals surface area contributed by atoms with E-state index in [0.29, 0.717) is 29.5 Å². The quantitative estimate of drug-likeness (QED) is 0.412. The highest BCUT2D eigenvalue weighted by atomic mass is 19.1. The van der Waals surface area contributed by atoms with E-state index in [9.17, 15) is 14.0 Å². The standard InChI is InChI=1S/C28H27FN2O3/c1-4-17-34-22-15-11-20(12-16-22)25-26(30-21-13-9-19(10-14-21)18(2)3)28(33)31(27(25)32)24-8-6-5-7-23(24)29/h5-16,18,30H,4,17H2,1-3H3. The van der Waals surface area contributed by atoms with Crippen LogP contribution in [0.4, 0.5) is 15.8 Å². The third-order valence-electron chi connectivity index (χ3n) is 5.64.